The number of aliphatic hydroxyl groups excluding tert-OH is 1. The number of aromatic amines is 1. The largest absolute Gasteiger partial charge is 0.391 e. The van der Waals surface area contributed by atoms with Crippen LogP contribution in [0.15, 0.2) is 35.1 Å². The average Bonchev–Trinajstić information content (AvgIpc) is 2.59. The van der Waals surface area contributed by atoms with Crippen molar-refractivity contribution >= 4 is 11.6 Å². The van der Waals surface area contributed by atoms with Gasteiger partial charge in [0, 0.05) is 24.8 Å². The fourth-order valence-electron chi connectivity index (χ4n) is 3.05. The van der Waals surface area contributed by atoms with Crippen molar-refractivity contribution in [3.05, 3.63) is 57.8 Å². The summed E-state index contributed by atoms with van der Waals surface area (Å²) in [4.78, 5) is 32.9. The molecule has 132 valence electrons. The molecule has 1 amide bonds. The van der Waals surface area contributed by atoms with Gasteiger partial charge < -0.3 is 20.3 Å². The topological polar surface area (TPSA) is 98.3 Å². The van der Waals surface area contributed by atoms with Gasteiger partial charge in [-0.25, -0.2) is 4.98 Å². The van der Waals surface area contributed by atoms with E-state index in [0.29, 0.717) is 42.4 Å². The number of hydrogen-bond donors (Lipinski definition) is 3. The molecule has 3 N–H and O–H groups in total. The van der Waals surface area contributed by atoms with Crippen LogP contribution in [0.1, 0.15) is 34.7 Å². The minimum Gasteiger partial charge on any atom is -0.391 e. The van der Waals surface area contributed by atoms with Crippen LogP contribution in [-0.2, 0) is 6.54 Å². The average molecular weight is 342 g/mol. The van der Waals surface area contributed by atoms with Gasteiger partial charge in [-0.2, -0.15) is 0 Å². The third kappa shape index (κ3) is 4.24. The van der Waals surface area contributed by atoms with Gasteiger partial charge in [-0.3, -0.25) is 9.59 Å². The minimum absolute atomic E-state index is 0.100. The second kappa shape index (κ2) is 7.48. The zero-order chi connectivity index (χ0) is 17.8. The van der Waals surface area contributed by atoms with Crippen LogP contribution >= 0.6 is 0 Å². The van der Waals surface area contributed by atoms with Crippen LogP contribution in [-0.4, -0.2) is 45.1 Å². The number of nitrogens with zero attached hydrogens (tertiary/aromatic N) is 2. The normalized spacial score (nSPS) is 17.4. The second-order valence-electron chi connectivity index (χ2n) is 6.27. The van der Waals surface area contributed by atoms with Crippen LogP contribution in [0.5, 0.6) is 0 Å². The Balaban J connectivity index is 1.76. The number of nitrogens with one attached hydrogen (secondary N) is 2. The number of piperidine rings is 1. The number of hydrogen-bond acceptors (Lipinski definition) is 5. The third-order valence-corrected chi connectivity index (χ3v) is 4.21. The van der Waals surface area contributed by atoms with Gasteiger partial charge in [0.2, 0.25) is 0 Å². The molecule has 2 aromatic rings. The van der Waals surface area contributed by atoms with Gasteiger partial charge >= 0.3 is 0 Å². The van der Waals surface area contributed by atoms with E-state index in [1.54, 1.807) is 17.9 Å². The number of para-hydroxylation sites is 1. The van der Waals surface area contributed by atoms with Crippen LogP contribution in [0.25, 0.3) is 0 Å². The van der Waals surface area contributed by atoms with E-state index in [0.717, 1.165) is 12.8 Å². The summed E-state index contributed by atoms with van der Waals surface area (Å²) in [6.45, 7) is 3.09. The Morgan fingerprint density at radius 1 is 1.44 bits per heavy atom. The molecule has 1 saturated heterocycles. The van der Waals surface area contributed by atoms with Gasteiger partial charge in [-0.05, 0) is 31.9 Å². The lowest BCUT2D eigenvalue weighted by molar-refractivity contribution is 0.0474. The summed E-state index contributed by atoms with van der Waals surface area (Å²) in [6, 6.07) is 8.69. The number of benzene rings is 1. The number of rotatable bonds is 4. The highest BCUT2D eigenvalue weighted by molar-refractivity contribution is 5.99. The standard InChI is InChI=1S/C18H22N4O3/c1-12-20-13(9-17(24)21-12)10-19-16-7-3-2-6-15(16)18(25)22-8-4-5-14(23)11-22/h2-3,6-7,9,14,19,23H,4-5,8,10-11H2,1H3,(H,20,21,24). The summed E-state index contributed by atoms with van der Waals surface area (Å²) in [5.74, 6) is 0.452. The van der Waals surface area contributed by atoms with Crippen molar-refractivity contribution in [3.63, 3.8) is 0 Å². The summed E-state index contributed by atoms with van der Waals surface area (Å²) < 4.78 is 0. The lowest BCUT2D eigenvalue weighted by Gasteiger charge is -2.30. The number of carbonyl (C=O) groups is 1. The van der Waals surface area contributed by atoms with Crippen LogP contribution < -0.4 is 10.9 Å². The van der Waals surface area contributed by atoms with Crippen molar-refractivity contribution in [2.24, 2.45) is 0 Å². The molecule has 1 unspecified atom stereocenters. The molecule has 1 aromatic heterocycles. The number of β-amino-alcohol motifs (C(OH)–C–C–N with tert-alkyl or cyclic N) is 1. The van der Waals surface area contributed by atoms with Crippen LogP contribution in [0.4, 0.5) is 5.69 Å². The van der Waals surface area contributed by atoms with Crippen LogP contribution in [0.2, 0.25) is 0 Å². The summed E-state index contributed by atoms with van der Waals surface area (Å²) in [7, 11) is 0. The number of amides is 1. The highest BCUT2D eigenvalue weighted by Crippen LogP contribution is 2.20. The number of anilines is 1. The number of H-pyrrole nitrogens is 1. The molecule has 7 nitrogen and oxygen atoms in total. The number of carbonyl (C=O) groups excluding carboxylic acids is 1. The first-order chi connectivity index (χ1) is 12.0. The number of aliphatic hydroxyl groups is 1. The quantitative estimate of drug-likeness (QED) is 0.778. The zero-order valence-corrected chi connectivity index (χ0v) is 14.2. The predicted octanol–water partition coefficient (Wildman–Crippen LogP) is 1.29. The molecular formula is C18H22N4O3. The molecule has 0 bridgehead atoms. The number of aryl methyl sites for hydroxylation is 1. The molecule has 0 radical (unpaired) electrons. The Bertz CT molecular complexity index is 818. The maximum Gasteiger partial charge on any atom is 0.256 e. The predicted molar refractivity (Wildman–Crippen MR) is 94.5 cm³/mol. The summed E-state index contributed by atoms with van der Waals surface area (Å²) in [5, 5.41) is 13.0. The van der Waals surface area contributed by atoms with Crippen LogP contribution in [0.3, 0.4) is 0 Å². The summed E-state index contributed by atoms with van der Waals surface area (Å²) >= 11 is 0. The van der Waals surface area contributed by atoms with E-state index < -0.39 is 6.10 Å². The Morgan fingerprint density at radius 3 is 3.00 bits per heavy atom. The van der Waals surface area contributed by atoms with E-state index in [-0.39, 0.29) is 11.5 Å². The molecule has 0 spiro atoms. The minimum atomic E-state index is -0.457. The van der Waals surface area contributed by atoms with Crippen molar-refractivity contribution in [3.8, 4) is 0 Å². The molecule has 25 heavy (non-hydrogen) atoms. The Morgan fingerprint density at radius 2 is 2.24 bits per heavy atom. The van der Waals surface area contributed by atoms with Gasteiger partial charge in [0.05, 0.1) is 23.9 Å². The van der Waals surface area contributed by atoms with Gasteiger partial charge in [0.25, 0.3) is 11.5 Å². The lowest BCUT2D eigenvalue weighted by atomic mass is 10.1. The monoisotopic (exact) mass is 342 g/mol. The van der Waals surface area contributed by atoms with Crippen molar-refractivity contribution in [2.45, 2.75) is 32.4 Å². The third-order valence-electron chi connectivity index (χ3n) is 4.21. The Kier molecular flexibility index (Phi) is 5.14. The van der Waals surface area contributed by atoms with Gasteiger partial charge in [-0.15, -0.1) is 0 Å². The van der Waals surface area contributed by atoms with E-state index in [2.05, 4.69) is 15.3 Å². The highest BCUT2D eigenvalue weighted by Gasteiger charge is 2.24. The maximum atomic E-state index is 12.8. The van der Waals surface area contributed by atoms with Gasteiger partial charge in [-0.1, -0.05) is 12.1 Å². The van der Waals surface area contributed by atoms with Crippen molar-refractivity contribution in [1.29, 1.82) is 0 Å². The first-order valence-corrected chi connectivity index (χ1v) is 8.40. The van der Waals surface area contributed by atoms with E-state index in [4.69, 9.17) is 0 Å². The molecule has 7 heteroatoms. The molecule has 1 aliphatic heterocycles. The maximum absolute atomic E-state index is 12.8. The Hall–Kier alpha value is -2.67. The summed E-state index contributed by atoms with van der Waals surface area (Å²) in [5.41, 5.74) is 1.65. The molecular weight excluding hydrogens is 320 g/mol. The molecule has 0 saturated carbocycles. The molecule has 3 rings (SSSR count). The van der Waals surface area contributed by atoms with Gasteiger partial charge in [0.1, 0.15) is 5.82 Å². The summed E-state index contributed by atoms with van der Waals surface area (Å²) in [6.07, 6.45) is 1.08. The van der Waals surface area contributed by atoms with Crippen molar-refractivity contribution in [2.75, 3.05) is 18.4 Å². The van der Waals surface area contributed by atoms with E-state index >= 15 is 0 Å². The highest BCUT2D eigenvalue weighted by atomic mass is 16.3. The fourth-order valence-corrected chi connectivity index (χ4v) is 3.05. The molecule has 1 atom stereocenters. The number of aromatic nitrogens is 2. The first-order valence-electron chi connectivity index (χ1n) is 8.40. The molecule has 0 aliphatic carbocycles. The smallest absolute Gasteiger partial charge is 0.256 e. The number of likely N-dealkylation sites (tertiary alicyclic amines) is 1. The Labute approximate surface area is 145 Å². The van der Waals surface area contributed by atoms with Crippen molar-refractivity contribution in [1.82, 2.24) is 14.9 Å². The molecule has 1 fully saturated rings. The SMILES string of the molecule is Cc1nc(CNc2ccccc2C(=O)N2CCCC(O)C2)cc(=O)[nH]1. The molecule has 2 heterocycles. The van der Waals surface area contributed by atoms with E-state index in [1.807, 2.05) is 18.2 Å². The van der Waals surface area contributed by atoms with Gasteiger partial charge in [0.15, 0.2) is 0 Å². The van der Waals surface area contributed by atoms with Crippen LogP contribution in [0, 0.1) is 6.92 Å². The fraction of sp³-hybridized carbons (Fsp3) is 0.389. The zero-order valence-electron chi connectivity index (χ0n) is 14.2. The first kappa shape index (κ1) is 17.2. The molecule has 1 aromatic carbocycles. The van der Waals surface area contributed by atoms with E-state index in [9.17, 15) is 14.7 Å². The van der Waals surface area contributed by atoms with E-state index in [1.165, 1.54) is 6.07 Å². The van der Waals surface area contributed by atoms with Crippen molar-refractivity contribution < 1.29 is 9.90 Å². The second-order valence-corrected chi connectivity index (χ2v) is 6.27. The lowest BCUT2D eigenvalue weighted by Crippen LogP contribution is -2.42. The molecule has 1 aliphatic rings.